The first-order chi connectivity index (χ1) is 7.79. The van der Waals surface area contributed by atoms with Crippen molar-refractivity contribution in [3.8, 4) is 0 Å². The molecule has 2 rings (SSSR count). The SMILES string of the molecule is CN(CC1CCCC1)c1ccc(CN)cc1. The average molecular weight is 218 g/mol. The molecule has 0 atom stereocenters. The molecule has 0 heterocycles. The summed E-state index contributed by atoms with van der Waals surface area (Å²) >= 11 is 0. The van der Waals surface area contributed by atoms with Gasteiger partial charge in [-0.3, -0.25) is 0 Å². The van der Waals surface area contributed by atoms with Gasteiger partial charge in [-0.2, -0.15) is 0 Å². The molecule has 88 valence electrons. The molecular weight excluding hydrogens is 196 g/mol. The molecule has 1 aromatic carbocycles. The molecule has 0 radical (unpaired) electrons. The minimum Gasteiger partial charge on any atom is -0.374 e. The molecule has 1 aliphatic rings. The maximum atomic E-state index is 5.59. The first-order valence-electron chi connectivity index (χ1n) is 6.29. The lowest BCUT2D eigenvalue weighted by Gasteiger charge is -2.23. The Morgan fingerprint density at radius 3 is 2.38 bits per heavy atom. The van der Waals surface area contributed by atoms with E-state index in [4.69, 9.17) is 5.73 Å². The lowest BCUT2D eigenvalue weighted by atomic mass is 10.1. The molecule has 0 saturated heterocycles. The fraction of sp³-hybridized carbons (Fsp3) is 0.571. The highest BCUT2D eigenvalue weighted by atomic mass is 15.1. The average Bonchev–Trinajstić information content (AvgIpc) is 2.82. The number of rotatable bonds is 4. The third-order valence-electron chi connectivity index (χ3n) is 3.62. The number of benzene rings is 1. The summed E-state index contributed by atoms with van der Waals surface area (Å²) in [5.41, 5.74) is 8.11. The van der Waals surface area contributed by atoms with E-state index < -0.39 is 0 Å². The Morgan fingerprint density at radius 1 is 1.19 bits per heavy atom. The predicted molar refractivity (Wildman–Crippen MR) is 69.6 cm³/mol. The number of hydrogen-bond donors (Lipinski definition) is 1. The Labute approximate surface area is 98.4 Å². The molecule has 0 amide bonds. The Bertz CT molecular complexity index is 312. The molecule has 0 aromatic heterocycles. The van der Waals surface area contributed by atoms with Crippen LogP contribution >= 0.6 is 0 Å². The van der Waals surface area contributed by atoms with Crippen LogP contribution in [0.5, 0.6) is 0 Å². The van der Waals surface area contributed by atoms with Crippen LogP contribution in [0.25, 0.3) is 0 Å². The first-order valence-corrected chi connectivity index (χ1v) is 6.29. The number of nitrogens with zero attached hydrogens (tertiary/aromatic N) is 1. The molecule has 1 saturated carbocycles. The lowest BCUT2D eigenvalue weighted by molar-refractivity contribution is 0.547. The second kappa shape index (κ2) is 5.35. The van der Waals surface area contributed by atoms with Crippen molar-refractivity contribution in [3.05, 3.63) is 29.8 Å². The van der Waals surface area contributed by atoms with Gasteiger partial charge in [0, 0.05) is 25.8 Å². The Kier molecular flexibility index (Phi) is 3.83. The van der Waals surface area contributed by atoms with Crippen LogP contribution in [0.1, 0.15) is 31.2 Å². The Morgan fingerprint density at radius 2 is 1.81 bits per heavy atom. The molecule has 0 aliphatic heterocycles. The van der Waals surface area contributed by atoms with Gasteiger partial charge in [0.2, 0.25) is 0 Å². The molecule has 2 heteroatoms. The van der Waals surface area contributed by atoms with E-state index in [1.165, 1.54) is 43.5 Å². The zero-order valence-electron chi connectivity index (χ0n) is 10.2. The van der Waals surface area contributed by atoms with Gasteiger partial charge in [0.1, 0.15) is 0 Å². The quantitative estimate of drug-likeness (QED) is 0.842. The summed E-state index contributed by atoms with van der Waals surface area (Å²) in [6, 6.07) is 8.61. The van der Waals surface area contributed by atoms with Crippen molar-refractivity contribution in [3.63, 3.8) is 0 Å². The maximum absolute atomic E-state index is 5.59. The number of nitrogens with two attached hydrogens (primary N) is 1. The molecule has 1 aromatic rings. The van der Waals surface area contributed by atoms with Crippen LogP contribution in [0, 0.1) is 5.92 Å². The van der Waals surface area contributed by atoms with E-state index in [1.807, 2.05) is 0 Å². The highest BCUT2D eigenvalue weighted by Crippen LogP contribution is 2.26. The van der Waals surface area contributed by atoms with Gasteiger partial charge in [0.25, 0.3) is 0 Å². The minimum absolute atomic E-state index is 0.632. The molecule has 16 heavy (non-hydrogen) atoms. The van der Waals surface area contributed by atoms with Crippen molar-refractivity contribution in [1.82, 2.24) is 0 Å². The van der Waals surface area contributed by atoms with Crippen molar-refractivity contribution in [2.75, 3.05) is 18.5 Å². The van der Waals surface area contributed by atoms with E-state index in [0.717, 1.165) is 5.92 Å². The summed E-state index contributed by atoms with van der Waals surface area (Å²) in [4.78, 5) is 2.37. The predicted octanol–water partition coefficient (Wildman–Crippen LogP) is 2.77. The summed E-state index contributed by atoms with van der Waals surface area (Å²) in [7, 11) is 2.19. The summed E-state index contributed by atoms with van der Waals surface area (Å²) < 4.78 is 0. The Hall–Kier alpha value is -1.02. The van der Waals surface area contributed by atoms with Crippen LogP contribution in [0.4, 0.5) is 5.69 Å². The molecule has 2 nitrogen and oxygen atoms in total. The van der Waals surface area contributed by atoms with Crippen molar-refractivity contribution < 1.29 is 0 Å². The van der Waals surface area contributed by atoms with E-state index in [2.05, 4.69) is 36.2 Å². The van der Waals surface area contributed by atoms with Crippen LogP contribution < -0.4 is 10.6 Å². The van der Waals surface area contributed by atoms with Crippen LogP contribution in [0.2, 0.25) is 0 Å². The van der Waals surface area contributed by atoms with Gasteiger partial charge in [0.05, 0.1) is 0 Å². The van der Waals surface area contributed by atoms with Gasteiger partial charge in [0.15, 0.2) is 0 Å². The zero-order valence-corrected chi connectivity index (χ0v) is 10.2. The molecule has 2 N–H and O–H groups in total. The van der Waals surface area contributed by atoms with Gasteiger partial charge in [-0.15, -0.1) is 0 Å². The van der Waals surface area contributed by atoms with Gasteiger partial charge < -0.3 is 10.6 Å². The summed E-state index contributed by atoms with van der Waals surface area (Å²) in [6.45, 7) is 1.83. The summed E-state index contributed by atoms with van der Waals surface area (Å²) in [5.74, 6) is 0.902. The van der Waals surface area contributed by atoms with E-state index in [-0.39, 0.29) is 0 Å². The van der Waals surface area contributed by atoms with E-state index >= 15 is 0 Å². The van der Waals surface area contributed by atoms with Gasteiger partial charge in [-0.05, 0) is 36.5 Å². The molecule has 1 aliphatic carbocycles. The molecule has 0 spiro atoms. The molecule has 1 fully saturated rings. The largest absolute Gasteiger partial charge is 0.374 e. The minimum atomic E-state index is 0.632. The van der Waals surface area contributed by atoms with Gasteiger partial charge in [-0.25, -0.2) is 0 Å². The van der Waals surface area contributed by atoms with Crippen molar-refractivity contribution in [2.24, 2.45) is 11.7 Å². The lowest BCUT2D eigenvalue weighted by Crippen LogP contribution is -2.23. The summed E-state index contributed by atoms with van der Waals surface area (Å²) in [5, 5.41) is 0. The second-order valence-corrected chi connectivity index (χ2v) is 4.90. The van der Waals surface area contributed by atoms with Crippen molar-refractivity contribution in [1.29, 1.82) is 0 Å². The highest BCUT2D eigenvalue weighted by molar-refractivity contribution is 5.46. The van der Waals surface area contributed by atoms with E-state index in [1.54, 1.807) is 0 Å². The number of anilines is 1. The molecular formula is C14H22N2. The first kappa shape index (κ1) is 11.5. The normalized spacial score (nSPS) is 16.6. The van der Waals surface area contributed by atoms with Crippen LogP contribution in [-0.2, 0) is 6.54 Å². The van der Waals surface area contributed by atoms with Gasteiger partial charge in [-0.1, -0.05) is 25.0 Å². The third kappa shape index (κ3) is 2.76. The maximum Gasteiger partial charge on any atom is 0.0363 e. The number of hydrogen-bond acceptors (Lipinski definition) is 2. The standard InChI is InChI=1S/C14H22N2/c1-16(11-13-4-2-3-5-13)14-8-6-12(10-15)7-9-14/h6-9,13H,2-5,10-11,15H2,1H3. The van der Waals surface area contributed by atoms with E-state index in [0.29, 0.717) is 6.54 Å². The zero-order chi connectivity index (χ0) is 11.4. The van der Waals surface area contributed by atoms with Gasteiger partial charge >= 0.3 is 0 Å². The van der Waals surface area contributed by atoms with Crippen molar-refractivity contribution in [2.45, 2.75) is 32.2 Å². The van der Waals surface area contributed by atoms with E-state index in [9.17, 15) is 0 Å². The third-order valence-corrected chi connectivity index (χ3v) is 3.62. The highest BCUT2D eigenvalue weighted by Gasteiger charge is 2.16. The van der Waals surface area contributed by atoms with Crippen LogP contribution in [0.3, 0.4) is 0 Å². The van der Waals surface area contributed by atoms with Crippen molar-refractivity contribution >= 4 is 5.69 Å². The molecule has 0 bridgehead atoms. The fourth-order valence-electron chi connectivity index (χ4n) is 2.57. The molecule has 0 unspecified atom stereocenters. The fourth-order valence-corrected chi connectivity index (χ4v) is 2.57. The second-order valence-electron chi connectivity index (χ2n) is 4.90. The monoisotopic (exact) mass is 218 g/mol. The van der Waals surface area contributed by atoms with Crippen LogP contribution in [-0.4, -0.2) is 13.6 Å². The topological polar surface area (TPSA) is 29.3 Å². The summed E-state index contributed by atoms with van der Waals surface area (Å²) in [6.07, 6.45) is 5.66. The smallest absolute Gasteiger partial charge is 0.0363 e. The van der Waals surface area contributed by atoms with Crippen LogP contribution in [0.15, 0.2) is 24.3 Å². The Balaban J connectivity index is 1.94.